The van der Waals surface area contributed by atoms with Crippen LogP contribution in [0.5, 0.6) is 0 Å². The number of imide groups is 1. The van der Waals surface area contributed by atoms with E-state index in [4.69, 9.17) is 4.42 Å². The second kappa shape index (κ2) is 8.17. The van der Waals surface area contributed by atoms with E-state index in [2.05, 4.69) is 0 Å². The first kappa shape index (κ1) is 21.3. The average Bonchev–Trinajstić information content (AvgIpc) is 3.24. The fourth-order valence-corrected chi connectivity index (χ4v) is 3.08. The lowest BCUT2D eigenvalue weighted by molar-refractivity contribution is -0.163. The van der Waals surface area contributed by atoms with Crippen molar-refractivity contribution in [1.29, 1.82) is 0 Å². The molecule has 3 rings (SSSR count). The van der Waals surface area contributed by atoms with Crippen molar-refractivity contribution >= 4 is 23.5 Å². The van der Waals surface area contributed by atoms with Gasteiger partial charge in [0, 0.05) is 5.69 Å². The van der Waals surface area contributed by atoms with E-state index in [1.807, 2.05) is 0 Å². The third kappa shape index (κ3) is 4.61. The fraction of sp³-hybridized carbons (Fsp3) is 0.316. The Morgan fingerprint density at radius 3 is 2.40 bits per heavy atom. The van der Waals surface area contributed by atoms with Crippen LogP contribution in [0.3, 0.4) is 0 Å². The van der Waals surface area contributed by atoms with Crippen molar-refractivity contribution in [2.45, 2.75) is 25.7 Å². The highest BCUT2D eigenvalue weighted by Crippen LogP contribution is 2.26. The number of anilines is 1. The van der Waals surface area contributed by atoms with Crippen LogP contribution < -0.4 is 4.90 Å². The third-order valence-corrected chi connectivity index (χ3v) is 4.50. The van der Waals surface area contributed by atoms with Crippen molar-refractivity contribution in [3.63, 3.8) is 0 Å². The lowest BCUT2D eigenvalue weighted by atomic mass is 10.2. The van der Waals surface area contributed by atoms with Gasteiger partial charge in [-0.1, -0.05) is 0 Å². The number of nitrogens with zero attached hydrogens (tertiary/aromatic N) is 3. The number of amides is 4. The van der Waals surface area contributed by atoms with Gasteiger partial charge in [-0.2, -0.15) is 13.2 Å². The molecule has 2 heterocycles. The van der Waals surface area contributed by atoms with Gasteiger partial charge < -0.3 is 9.32 Å². The minimum Gasteiger partial charge on any atom is -0.467 e. The van der Waals surface area contributed by atoms with E-state index in [1.165, 1.54) is 37.5 Å². The first-order valence-electron chi connectivity index (χ1n) is 8.84. The molecule has 0 radical (unpaired) electrons. The summed E-state index contributed by atoms with van der Waals surface area (Å²) in [4.78, 5) is 39.9. The van der Waals surface area contributed by atoms with Gasteiger partial charge in [-0.25, -0.2) is 9.18 Å². The Kier molecular flexibility index (Phi) is 5.81. The number of furan rings is 1. The Morgan fingerprint density at radius 2 is 1.83 bits per heavy atom. The fourth-order valence-electron chi connectivity index (χ4n) is 3.08. The van der Waals surface area contributed by atoms with Crippen molar-refractivity contribution in [3.05, 3.63) is 54.2 Å². The highest BCUT2D eigenvalue weighted by atomic mass is 19.4. The maximum Gasteiger partial charge on any atom is 0.406 e. The zero-order chi connectivity index (χ0) is 22.1. The molecular formula is C19H17F4N3O4. The Balaban J connectivity index is 1.78. The molecule has 1 atom stereocenters. The van der Waals surface area contributed by atoms with Gasteiger partial charge in [0.2, 0.25) is 5.91 Å². The van der Waals surface area contributed by atoms with Crippen LogP contribution in [0.4, 0.5) is 28.0 Å². The van der Waals surface area contributed by atoms with Gasteiger partial charge in [0.1, 0.15) is 30.7 Å². The molecule has 0 N–H and O–H groups in total. The van der Waals surface area contributed by atoms with Gasteiger partial charge in [-0.15, -0.1) is 0 Å². The van der Waals surface area contributed by atoms with Gasteiger partial charge in [0.25, 0.3) is 5.91 Å². The number of alkyl halides is 3. The summed E-state index contributed by atoms with van der Waals surface area (Å²) in [5, 5.41) is 0. The number of urea groups is 1. The molecule has 1 aromatic heterocycles. The Hall–Kier alpha value is -3.37. The predicted molar refractivity (Wildman–Crippen MR) is 95.6 cm³/mol. The number of rotatable bonds is 6. The van der Waals surface area contributed by atoms with E-state index in [1.54, 1.807) is 0 Å². The molecule has 0 bridgehead atoms. The molecule has 7 nitrogen and oxygen atoms in total. The van der Waals surface area contributed by atoms with Crippen LogP contribution in [0.25, 0.3) is 0 Å². The monoisotopic (exact) mass is 427 g/mol. The summed E-state index contributed by atoms with van der Waals surface area (Å²) < 4.78 is 56.9. The number of hydrogen-bond acceptors (Lipinski definition) is 4. The predicted octanol–water partition coefficient (Wildman–Crippen LogP) is 3.17. The van der Waals surface area contributed by atoms with E-state index < -0.39 is 55.5 Å². The van der Waals surface area contributed by atoms with Gasteiger partial charge in [0.05, 0.1) is 12.8 Å². The van der Waals surface area contributed by atoms with Gasteiger partial charge in [0.15, 0.2) is 0 Å². The van der Waals surface area contributed by atoms with E-state index in [9.17, 15) is 31.9 Å². The molecule has 2 aromatic rings. The maximum absolute atomic E-state index is 13.1. The van der Waals surface area contributed by atoms with Crippen LogP contribution in [-0.2, 0) is 16.1 Å². The lowest BCUT2D eigenvalue weighted by Gasteiger charge is -2.25. The number of carbonyl (C=O) groups excluding carboxylic acids is 3. The molecule has 0 saturated carbocycles. The highest BCUT2D eigenvalue weighted by molar-refractivity contribution is 6.15. The van der Waals surface area contributed by atoms with Crippen molar-refractivity contribution < 1.29 is 36.4 Å². The zero-order valence-electron chi connectivity index (χ0n) is 15.7. The zero-order valence-corrected chi connectivity index (χ0v) is 15.7. The second-order valence-electron chi connectivity index (χ2n) is 6.67. The SMILES string of the molecule is CC1C(=O)N(CC(=O)N(Cc2ccco2)CC(F)(F)F)C(=O)N1c1ccc(F)cc1. The van der Waals surface area contributed by atoms with E-state index >= 15 is 0 Å². The normalized spacial score (nSPS) is 17.0. The van der Waals surface area contributed by atoms with Crippen molar-refractivity contribution in [2.24, 2.45) is 0 Å². The molecule has 1 saturated heterocycles. The summed E-state index contributed by atoms with van der Waals surface area (Å²) in [5.74, 6) is -2.24. The minimum atomic E-state index is -4.69. The summed E-state index contributed by atoms with van der Waals surface area (Å²) in [5.41, 5.74) is 0.222. The second-order valence-corrected chi connectivity index (χ2v) is 6.67. The molecule has 1 aliphatic heterocycles. The van der Waals surface area contributed by atoms with Crippen LogP contribution >= 0.6 is 0 Å². The van der Waals surface area contributed by atoms with E-state index in [0.717, 1.165) is 17.0 Å². The Morgan fingerprint density at radius 1 is 1.17 bits per heavy atom. The first-order valence-corrected chi connectivity index (χ1v) is 8.84. The molecule has 1 unspecified atom stereocenters. The quantitative estimate of drug-likeness (QED) is 0.524. The van der Waals surface area contributed by atoms with Gasteiger partial charge in [-0.3, -0.25) is 19.4 Å². The number of halogens is 4. The van der Waals surface area contributed by atoms with Crippen molar-refractivity contribution in [1.82, 2.24) is 9.80 Å². The lowest BCUT2D eigenvalue weighted by Crippen LogP contribution is -2.46. The highest BCUT2D eigenvalue weighted by Gasteiger charge is 2.45. The van der Waals surface area contributed by atoms with Crippen molar-refractivity contribution in [3.8, 4) is 0 Å². The summed E-state index contributed by atoms with van der Waals surface area (Å²) in [6, 6.07) is 5.76. The third-order valence-electron chi connectivity index (χ3n) is 4.50. The number of hydrogen-bond donors (Lipinski definition) is 0. The van der Waals surface area contributed by atoms with E-state index in [0.29, 0.717) is 9.80 Å². The molecular weight excluding hydrogens is 410 g/mol. The minimum absolute atomic E-state index is 0.119. The largest absolute Gasteiger partial charge is 0.467 e. The molecule has 11 heteroatoms. The smallest absolute Gasteiger partial charge is 0.406 e. The van der Waals surface area contributed by atoms with E-state index in [-0.39, 0.29) is 11.4 Å². The van der Waals surface area contributed by atoms with Crippen LogP contribution in [0.15, 0.2) is 47.1 Å². The molecule has 0 spiro atoms. The molecule has 30 heavy (non-hydrogen) atoms. The van der Waals surface area contributed by atoms with Gasteiger partial charge >= 0.3 is 12.2 Å². The molecule has 160 valence electrons. The summed E-state index contributed by atoms with van der Waals surface area (Å²) in [6.45, 7) is -1.50. The summed E-state index contributed by atoms with van der Waals surface area (Å²) in [7, 11) is 0. The van der Waals surface area contributed by atoms with Crippen LogP contribution in [0, 0.1) is 5.82 Å². The molecule has 1 aliphatic rings. The van der Waals surface area contributed by atoms with Crippen LogP contribution in [-0.4, -0.2) is 53.0 Å². The summed E-state index contributed by atoms with van der Waals surface area (Å²) in [6.07, 6.45) is -3.43. The summed E-state index contributed by atoms with van der Waals surface area (Å²) >= 11 is 0. The van der Waals surface area contributed by atoms with Crippen LogP contribution in [0.2, 0.25) is 0 Å². The number of benzene rings is 1. The molecule has 0 aliphatic carbocycles. The van der Waals surface area contributed by atoms with Crippen LogP contribution in [0.1, 0.15) is 12.7 Å². The van der Waals surface area contributed by atoms with Crippen molar-refractivity contribution in [2.75, 3.05) is 18.0 Å². The standard InChI is InChI=1S/C19H17F4N3O4/c1-12-17(28)25(18(29)26(12)14-6-4-13(20)5-7-14)10-16(27)24(11-19(21,22)23)9-15-3-2-8-30-15/h2-8,12H,9-11H2,1H3. The van der Waals surface area contributed by atoms with Gasteiger partial charge in [-0.05, 0) is 43.3 Å². The topological polar surface area (TPSA) is 74.1 Å². The first-order chi connectivity index (χ1) is 14.1. The number of carbonyl (C=O) groups is 3. The molecule has 4 amide bonds. The Bertz CT molecular complexity index is 928. The molecule has 1 aromatic carbocycles. The maximum atomic E-state index is 13.1. The molecule has 1 fully saturated rings. The average molecular weight is 427 g/mol. The Labute approximate surface area is 168 Å².